The summed E-state index contributed by atoms with van der Waals surface area (Å²) in [7, 11) is -0.287. The highest BCUT2D eigenvalue weighted by molar-refractivity contribution is 7.92. The molecule has 1 heterocycles. The number of fused-ring (bicyclic) bond motifs is 1. The molecule has 0 aliphatic heterocycles. The maximum atomic E-state index is 12.8. The molecule has 0 bridgehead atoms. The molecule has 0 saturated carbocycles. The van der Waals surface area contributed by atoms with Gasteiger partial charge in [0.1, 0.15) is 11.6 Å². The maximum absolute atomic E-state index is 12.8. The molecule has 3 aromatic carbocycles. The summed E-state index contributed by atoms with van der Waals surface area (Å²) in [6, 6.07) is 19.8. The molecule has 0 radical (unpaired) electrons. The minimum Gasteiger partial charge on any atom is -0.495 e. The largest absolute Gasteiger partial charge is 0.495 e. The van der Waals surface area contributed by atoms with Crippen molar-refractivity contribution >= 4 is 38.3 Å². The summed E-state index contributed by atoms with van der Waals surface area (Å²) < 4.78 is 35.3. The van der Waals surface area contributed by atoms with Crippen molar-refractivity contribution in [2.24, 2.45) is 7.05 Å². The Morgan fingerprint density at radius 3 is 2.58 bits per heavy atom. The van der Waals surface area contributed by atoms with E-state index in [2.05, 4.69) is 9.29 Å². The molecule has 0 unspecified atom stereocenters. The first-order chi connectivity index (χ1) is 14.9. The molecule has 4 aromatic rings. The van der Waals surface area contributed by atoms with Gasteiger partial charge in [-0.25, -0.2) is 13.4 Å². The highest BCUT2D eigenvalue weighted by Crippen LogP contribution is 2.28. The Kier molecular flexibility index (Phi) is 5.89. The van der Waals surface area contributed by atoms with Crippen LogP contribution in [0.15, 0.2) is 71.6 Å². The molecule has 31 heavy (non-hydrogen) atoms. The zero-order valence-electron chi connectivity index (χ0n) is 17.2. The lowest BCUT2D eigenvalue weighted by Crippen LogP contribution is -2.13. The summed E-state index contributed by atoms with van der Waals surface area (Å²) >= 11 is 6.08. The number of methoxy groups -OCH3 is 1. The third-order valence-electron chi connectivity index (χ3n) is 5.13. The zero-order chi connectivity index (χ0) is 22.0. The van der Waals surface area contributed by atoms with Gasteiger partial charge in [-0.2, -0.15) is 0 Å². The van der Waals surface area contributed by atoms with Gasteiger partial charge in [0.2, 0.25) is 0 Å². The van der Waals surface area contributed by atoms with Gasteiger partial charge in [0, 0.05) is 19.2 Å². The van der Waals surface area contributed by atoms with Crippen molar-refractivity contribution in [1.82, 2.24) is 9.55 Å². The van der Waals surface area contributed by atoms with Gasteiger partial charge >= 0.3 is 0 Å². The summed E-state index contributed by atoms with van der Waals surface area (Å²) in [5.74, 6) is 1.41. The number of hydrogen-bond donors (Lipinski definition) is 1. The molecule has 6 nitrogen and oxygen atoms in total. The predicted octanol–water partition coefficient (Wildman–Crippen LogP) is 4.82. The van der Waals surface area contributed by atoms with Crippen molar-refractivity contribution < 1.29 is 13.2 Å². The molecule has 0 spiro atoms. The first-order valence-corrected chi connectivity index (χ1v) is 11.6. The lowest BCUT2D eigenvalue weighted by Gasteiger charge is -2.11. The topological polar surface area (TPSA) is 73.2 Å². The van der Waals surface area contributed by atoms with E-state index in [0.717, 1.165) is 35.3 Å². The van der Waals surface area contributed by atoms with Crippen LogP contribution in [0.1, 0.15) is 11.4 Å². The van der Waals surface area contributed by atoms with Crippen LogP contribution in [0.4, 0.5) is 5.69 Å². The maximum Gasteiger partial charge on any atom is 0.261 e. The molecule has 0 fully saturated rings. The Bertz CT molecular complexity index is 1350. The zero-order valence-corrected chi connectivity index (χ0v) is 18.7. The van der Waals surface area contributed by atoms with Gasteiger partial charge in [-0.3, -0.25) is 4.72 Å². The number of ether oxygens (including phenoxy) is 1. The van der Waals surface area contributed by atoms with Crippen LogP contribution in [0.3, 0.4) is 0 Å². The molecule has 4 rings (SSSR count). The average Bonchev–Trinajstić information content (AvgIpc) is 3.08. The highest BCUT2D eigenvalue weighted by Gasteiger charge is 2.16. The summed E-state index contributed by atoms with van der Waals surface area (Å²) in [6.07, 6.45) is 1.48. The fourth-order valence-electron chi connectivity index (χ4n) is 3.49. The van der Waals surface area contributed by atoms with E-state index in [4.69, 9.17) is 21.3 Å². The van der Waals surface area contributed by atoms with Crippen molar-refractivity contribution in [3.05, 3.63) is 83.1 Å². The molecular weight excluding hydrogens is 434 g/mol. The van der Waals surface area contributed by atoms with E-state index in [-0.39, 0.29) is 9.92 Å². The Hall–Kier alpha value is -3.03. The third-order valence-corrected chi connectivity index (χ3v) is 6.80. The number of sulfonamides is 1. The van der Waals surface area contributed by atoms with Crippen LogP contribution in [0.5, 0.6) is 5.75 Å². The number of halogens is 1. The number of aromatic nitrogens is 2. The molecule has 0 saturated heterocycles. The molecule has 0 atom stereocenters. The number of rotatable bonds is 7. The average molecular weight is 456 g/mol. The first-order valence-electron chi connectivity index (χ1n) is 9.73. The number of nitrogens with zero attached hydrogens (tertiary/aromatic N) is 2. The molecule has 8 heteroatoms. The lowest BCUT2D eigenvalue weighted by molar-refractivity contribution is 0.414. The number of nitrogens with one attached hydrogen (secondary N) is 1. The fraction of sp³-hybridized carbons (Fsp3) is 0.174. The molecule has 1 aromatic heterocycles. The van der Waals surface area contributed by atoms with Crippen molar-refractivity contribution in [1.29, 1.82) is 0 Å². The second-order valence-electron chi connectivity index (χ2n) is 7.18. The number of para-hydroxylation sites is 2. The number of imidazole rings is 1. The lowest BCUT2D eigenvalue weighted by atomic mass is 10.1. The fourth-order valence-corrected chi connectivity index (χ4v) is 4.89. The van der Waals surface area contributed by atoms with Crippen LogP contribution >= 0.6 is 11.6 Å². The smallest absolute Gasteiger partial charge is 0.261 e. The summed E-state index contributed by atoms with van der Waals surface area (Å²) in [6.45, 7) is 0. The second kappa shape index (κ2) is 8.61. The number of benzene rings is 3. The Labute approximate surface area is 186 Å². The summed E-state index contributed by atoms with van der Waals surface area (Å²) in [4.78, 5) is 4.77. The monoisotopic (exact) mass is 455 g/mol. The number of anilines is 1. The standard InChI is InChI=1S/C23H22ClN3O3S/c1-27-21-9-4-3-8-20(21)25-23(27)13-10-16-6-5-7-17(14-16)26-31(28,29)18-11-12-22(30-2)19(24)15-18/h3-9,11-12,14-15,26H,10,13H2,1-2H3. The van der Waals surface area contributed by atoms with Gasteiger partial charge in [-0.15, -0.1) is 0 Å². The van der Waals surface area contributed by atoms with Crippen molar-refractivity contribution in [2.75, 3.05) is 11.8 Å². The van der Waals surface area contributed by atoms with E-state index in [0.29, 0.717) is 11.4 Å². The van der Waals surface area contributed by atoms with Crippen LogP contribution in [0, 0.1) is 0 Å². The number of hydrogen-bond acceptors (Lipinski definition) is 4. The molecule has 160 valence electrons. The van der Waals surface area contributed by atoms with Gasteiger partial charge in [0.05, 0.1) is 28.1 Å². The normalized spacial score (nSPS) is 11.6. The van der Waals surface area contributed by atoms with Gasteiger partial charge in [0.25, 0.3) is 10.0 Å². The SMILES string of the molecule is COc1ccc(S(=O)(=O)Nc2cccc(CCc3nc4ccccc4n3C)c2)cc1Cl. The predicted molar refractivity (Wildman–Crippen MR) is 123 cm³/mol. The van der Waals surface area contributed by atoms with Crippen LogP contribution in [0.25, 0.3) is 11.0 Å². The van der Waals surface area contributed by atoms with Crippen molar-refractivity contribution in [2.45, 2.75) is 17.7 Å². The van der Waals surface area contributed by atoms with Crippen LogP contribution < -0.4 is 9.46 Å². The minimum absolute atomic E-state index is 0.0726. The van der Waals surface area contributed by atoms with E-state index in [1.54, 1.807) is 6.07 Å². The van der Waals surface area contributed by atoms with E-state index in [1.807, 2.05) is 49.5 Å². The van der Waals surface area contributed by atoms with Crippen molar-refractivity contribution in [3.63, 3.8) is 0 Å². The van der Waals surface area contributed by atoms with Gasteiger partial charge in [-0.1, -0.05) is 35.9 Å². The molecule has 0 aliphatic rings. The van der Waals surface area contributed by atoms with Gasteiger partial charge in [-0.05, 0) is 54.4 Å². The van der Waals surface area contributed by atoms with Crippen LogP contribution in [-0.2, 0) is 29.9 Å². The summed E-state index contributed by atoms with van der Waals surface area (Å²) in [5, 5.41) is 0.238. The van der Waals surface area contributed by atoms with E-state index >= 15 is 0 Å². The third kappa shape index (κ3) is 4.52. The Morgan fingerprint density at radius 1 is 1.03 bits per heavy atom. The highest BCUT2D eigenvalue weighted by atomic mass is 35.5. The van der Waals surface area contributed by atoms with E-state index in [1.165, 1.54) is 25.3 Å². The van der Waals surface area contributed by atoms with Crippen molar-refractivity contribution in [3.8, 4) is 5.75 Å². The van der Waals surface area contributed by atoms with E-state index in [9.17, 15) is 8.42 Å². The Balaban J connectivity index is 1.50. The number of aryl methyl sites for hydroxylation is 3. The van der Waals surface area contributed by atoms with Crippen LogP contribution in [0.2, 0.25) is 5.02 Å². The first kappa shape index (κ1) is 21.2. The summed E-state index contributed by atoms with van der Waals surface area (Å²) in [5.41, 5.74) is 3.58. The minimum atomic E-state index is -3.78. The molecule has 0 aliphatic carbocycles. The van der Waals surface area contributed by atoms with Crippen LogP contribution in [-0.4, -0.2) is 25.1 Å². The van der Waals surface area contributed by atoms with E-state index < -0.39 is 10.0 Å². The quantitative estimate of drug-likeness (QED) is 0.433. The molecule has 1 N–H and O–H groups in total. The molecular formula is C23H22ClN3O3S. The second-order valence-corrected chi connectivity index (χ2v) is 9.27. The van der Waals surface area contributed by atoms with Gasteiger partial charge < -0.3 is 9.30 Å². The van der Waals surface area contributed by atoms with Gasteiger partial charge in [0.15, 0.2) is 0 Å². The molecule has 0 amide bonds. The Morgan fingerprint density at radius 2 is 1.84 bits per heavy atom.